The highest BCUT2D eigenvalue weighted by Gasteiger charge is 2.20. The van der Waals surface area contributed by atoms with E-state index in [-0.39, 0.29) is 18.1 Å². The van der Waals surface area contributed by atoms with Crippen molar-refractivity contribution >= 4 is 23.4 Å². The lowest BCUT2D eigenvalue weighted by Crippen LogP contribution is -2.33. The molecule has 1 amide bonds. The molecule has 4 aromatic rings. The Morgan fingerprint density at radius 2 is 1.53 bits per heavy atom. The molecule has 0 aliphatic heterocycles. The Morgan fingerprint density at radius 1 is 0.906 bits per heavy atom. The van der Waals surface area contributed by atoms with Crippen molar-refractivity contribution in [3.63, 3.8) is 0 Å². The highest BCUT2D eigenvalue weighted by Crippen LogP contribution is 2.28. The van der Waals surface area contributed by atoms with Crippen LogP contribution in [0, 0.1) is 11.3 Å². The minimum absolute atomic E-state index is 0.0830. The van der Waals surface area contributed by atoms with Crippen molar-refractivity contribution in [1.82, 2.24) is 14.8 Å². The van der Waals surface area contributed by atoms with E-state index in [4.69, 9.17) is 5.26 Å². The lowest BCUT2D eigenvalue weighted by Gasteiger charge is -2.21. The SMILES string of the molecule is N#CCCN(C(=O)CSc1nnc(-c2ccccc2)n1-c1ccccc1)c1ccccc1. The number of hydrogen-bond donors (Lipinski definition) is 0. The predicted octanol–water partition coefficient (Wildman–Crippen LogP) is 4.97. The fourth-order valence-electron chi connectivity index (χ4n) is 3.32. The van der Waals surface area contributed by atoms with Crippen LogP contribution in [0.5, 0.6) is 0 Å². The number of aromatic nitrogens is 3. The molecule has 32 heavy (non-hydrogen) atoms. The van der Waals surface area contributed by atoms with Crippen molar-refractivity contribution in [2.75, 3.05) is 17.2 Å². The van der Waals surface area contributed by atoms with Gasteiger partial charge in [0.2, 0.25) is 5.91 Å². The summed E-state index contributed by atoms with van der Waals surface area (Å²) >= 11 is 1.34. The molecule has 0 N–H and O–H groups in total. The van der Waals surface area contributed by atoms with Crippen molar-refractivity contribution in [3.05, 3.63) is 91.0 Å². The number of nitriles is 1. The minimum Gasteiger partial charge on any atom is -0.311 e. The normalized spacial score (nSPS) is 10.5. The highest BCUT2D eigenvalue weighted by atomic mass is 32.2. The summed E-state index contributed by atoms with van der Waals surface area (Å²) in [5.74, 6) is 0.816. The van der Waals surface area contributed by atoms with Crippen LogP contribution in [0.4, 0.5) is 5.69 Å². The monoisotopic (exact) mass is 439 g/mol. The number of rotatable bonds is 8. The van der Waals surface area contributed by atoms with Crippen LogP contribution in [-0.4, -0.2) is 33.0 Å². The van der Waals surface area contributed by atoms with Crippen LogP contribution in [0.2, 0.25) is 0 Å². The molecule has 0 atom stereocenters. The first-order valence-corrected chi connectivity index (χ1v) is 11.2. The van der Waals surface area contributed by atoms with Crippen molar-refractivity contribution in [3.8, 4) is 23.1 Å². The van der Waals surface area contributed by atoms with Gasteiger partial charge in [-0.3, -0.25) is 9.36 Å². The Balaban J connectivity index is 1.61. The number of benzene rings is 3. The average Bonchev–Trinajstić information content (AvgIpc) is 3.29. The zero-order valence-corrected chi connectivity index (χ0v) is 18.2. The number of para-hydroxylation sites is 2. The standard InChI is InChI=1S/C25H21N5OS/c26-17-10-18-29(21-13-6-2-7-14-21)23(31)19-32-25-28-27-24(20-11-4-1-5-12-20)30(25)22-15-8-3-9-16-22/h1-9,11-16H,10,18-19H2. The van der Waals surface area contributed by atoms with E-state index in [1.807, 2.05) is 95.6 Å². The number of hydrogen-bond acceptors (Lipinski definition) is 5. The maximum Gasteiger partial charge on any atom is 0.237 e. The first-order chi connectivity index (χ1) is 15.8. The van der Waals surface area contributed by atoms with Crippen LogP contribution < -0.4 is 4.90 Å². The van der Waals surface area contributed by atoms with E-state index in [1.165, 1.54) is 11.8 Å². The summed E-state index contributed by atoms with van der Waals surface area (Å²) in [6.07, 6.45) is 0.268. The third-order valence-electron chi connectivity index (χ3n) is 4.82. The number of amides is 1. The number of anilines is 1. The van der Waals surface area contributed by atoms with E-state index >= 15 is 0 Å². The van der Waals surface area contributed by atoms with Gasteiger partial charge in [0.25, 0.3) is 0 Å². The van der Waals surface area contributed by atoms with Gasteiger partial charge in [0, 0.05) is 23.5 Å². The molecule has 0 aliphatic carbocycles. The minimum atomic E-state index is -0.0830. The Kier molecular flexibility index (Phi) is 6.95. The summed E-state index contributed by atoms with van der Waals surface area (Å²) in [5, 5.41) is 18.5. The molecule has 6 nitrogen and oxygen atoms in total. The molecule has 0 spiro atoms. The van der Waals surface area contributed by atoms with Gasteiger partial charge in [0.15, 0.2) is 11.0 Å². The van der Waals surface area contributed by atoms with Crippen molar-refractivity contribution in [2.45, 2.75) is 11.6 Å². The van der Waals surface area contributed by atoms with Gasteiger partial charge in [-0.25, -0.2) is 0 Å². The molecule has 0 bridgehead atoms. The van der Waals surface area contributed by atoms with E-state index < -0.39 is 0 Å². The van der Waals surface area contributed by atoms with Crippen LogP contribution >= 0.6 is 11.8 Å². The second-order valence-corrected chi connectivity index (χ2v) is 7.86. The Hall–Kier alpha value is -3.89. The zero-order valence-electron chi connectivity index (χ0n) is 17.3. The predicted molar refractivity (Wildman–Crippen MR) is 127 cm³/mol. The van der Waals surface area contributed by atoms with Crippen molar-refractivity contribution < 1.29 is 4.79 Å². The summed E-state index contributed by atoms with van der Waals surface area (Å²) in [5.41, 5.74) is 2.65. The summed E-state index contributed by atoms with van der Waals surface area (Å²) < 4.78 is 1.97. The maximum atomic E-state index is 13.1. The van der Waals surface area contributed by atoms with Gasteiger partial charge >= 0.3 is 0 Å². The third-order valence-corrected chi connectivity index (χ3v) is 5.73. The first kappa shape index (κ1) is 21.3. The molecule has 3 aromatic carbocycles. The summed E-state index contributed by atoms with van der Waals surface area (Å²) in [6, 6.07) is 31.3. The molecule has 0 saturated carbocycles. The van der Waals surface area contributed by atoms with Gasteiger partial charge in [-0.05, 0) is 24.3 Å². The average molecular weight is 440 g/mol. The van der Waals surface area contributed by atoms with E-state index in [0.29, 0.717) is 11.7 Å². The van der Waals surface area contributed by atoms with Gasteiger partial charge in [-0.2, -0.15) is 5.26 Å². The highest BCUT2D eigenvalue weighted by molar-refractivity contribution is 7.99. The molecule has 0 saturated heterocycles. The van der Waals surface area contributed by atoms with E-state index in [0.717, 1.165) is 22.8 Å². The second-order valence-electron chi connectivity index (χ2n) is 6.92. The molecule has 7 heteroatoms. The van der Waals surface area contributed by atoms with Crippen LogP contribution in [0.15, 0.2) is 96.2 Å². The van der Waals surface area contributed by atoms with E-state index in [2.05, 4.69) is 16.3 Å². The fourth-order valence-corrected chi connectivity index (χ4v) is 4.15. The van der Waals surface area contributed by atoms with Crippen LogP contribution in [-0.2, 0) is 4.79 Å². The van der Waals surface area contributed by atoms with Crippen LogP contribution in [0.25, 0.3) is 17.1 Å². The molecule has 1 aromatic heterocycles. The molecule has 0 fully saturated rings. The van der Waals surface area contributed by atoms with Crippen LogP contribution in [0.3, 0.4) is 0 Å². The van der Waals surface area contributed by atoms with Gasteiger partial charge in [0.1, 0.15) is 0 Å². The second kappa shape index (κ2) is 10.4. The Labute approximate surface area is 191 Å². The maximum absolute atomic E-state index is 13.1. The van der Waals surface area contributed by atoms with Gasteiger partial charge in [0.05, 0.1) is 18.2 Å². The molecule has 1 heterocycles. The quantitative estimate of drug-likeness (QED) is 0.362. The van der Waals surface area contributed by atoms with Gasteiger partial charge in [-0.1, -0.05) is 78.5 Å². The number of thioether (sulfide) groups is 1. The Morgan fingerprint density at radius 3 is 2.19 bits per heavy atom. The lowest BCUT2D eigenvalue weighted by atomic mass is 10.2. The summed E-state index contributed by atoms with van der Waals surface area (Å²) in [4.78, 5) is 14.7. The van der Waals surface area contributed by atoms with Crippen LogP contribution in [0.1, 0.15) is 6.42 Å². The number of carbonyl (C=O) groups is 1. The molecule has 4 rings (SSSR count). The topological polar surface area (TPSA) is 74.8 Å². The third kappa shape index (κ3) is 4.88. The van der Waals surface area contributed by atoms with E-state index in [1.54, 1.807) is 4.90 Å². The largest absolute Gasteiger partial charge is 0.311 e. The zero-order chi connectivity index (χ0) is 22.2. The van der Waals surface area contributed by atoms with Crippen molar-refractivity contribution in [1.29, 1.82) is 5.26 Å². The summed E-state index contributed by atoms with van der Waals surface area (Å²) in [6.45, 7) is 0.348. The van der Waals surface area contributed by atoms with E-state index in [9.17, 15) is 4.79 Å². The van der Waals surface area contributed by atoms with Gasteiger partial charge < -0.3 is 4.90 Å². The number of carbonyl (C=O) groups excluding carboxylic acids is 1. The molecule has 0 radical (unpaired) electrons. The molecule has 0 aliphatic rings. The molecule has 0 unspecified atom stereocenters. The first-order valence-electron chi connectivity index (χ1n) is 10.2. The molecular formula is C25H21N5OS. The molecule has 158 valence electrons. The lowest BCUT2D eigenvalue weighted by molar-refractivity contribution is -0.116. The summed E-state index contributed by atoms with van der Waals surface area (Å²) in [7, 11) is 0. The van der Waals surface area contributed by atoms with Crippen molar-refractivity contribution in [2.24, 2.45) is 0 Å². The molecular weight excluding hydrogens is 418 g/mol. The van der Waals surface area contributed by atoms with Gasteiger partial charge in [-0.15, -0.1) is 10.2 Å². The smallest absolute Gasteiger partial charge is 0.237 e. The Bertz CT molecular complexity index is 1200. The fraction of sp³-hybridized carbons (Fsp3) is 0.120. The number of nitrogens with zero attached hydrogens (tertiary/aromatic N) is 5.